The van der Waals surface area contributed by atoms with E-state index in [9.17, 15) is 0 Å². The van der Waals surface area contributed by atoms with Crippen LogP contribution in [0.3, 0.4) is 0 Å². The Bertz CT molecular complexity index is 107. The molecule has 0 atom stereocenters. The second-order valence-electron chi connectivity index (χ2n) is 1.45. The van der Waals surface area contributed by atoms with Gasteiger partial charge in [-0.25, -0.2) is 12.2 Å². The molecule has 0 fully saturated rings. The standard InChI is InChI=1S/C5H5.C3H5Br.C2H5.Hf/c1-2-4-5-3-1;1-2-3-4;1-2;/h1-3H,4H2;2H,1,3H2;1H2,2H3;/q-1;;-1;. The van der Waals surface area contributed by atoms with Gasteiger partial charge in [0, 0.05) is 31.2 Å². The second-order valence-corrected chi connectivity index (χ2v) is 2.09. The molecule has 0 saturated heterocycles. The fourth-order valence-corrected chi connectivity index (χ4v) is 0.340. The van der Waals surface area contributed by atoms with E-state index >= 15 is 0 Å². The molecule has 1 aliphatic carbocycles. The first-order valence-corrected chi connectivity index (χ1v) is 4.63. The smallest absolute Gasteiger partial charge is 0.0209 e. The monoisotopic (exact) mass is 394 g/mol. The van der Waals surface area contributed by atoms with E-state index in [0.717, 1.165) is 11.8 Å². The number of hydrogen-bond donors (Lipinski definition) is 0. The molecule has 1 aliphatic rings. The van der Waals surface area contributed by atoms with E-state index in [1.807, 2.05) is 12.2 Å². The first-order valence-electron chi connectivity index (χ1n) is 3.51. The molecule has 1 rings (SSSR count). The van der Waals surface area contributed by atoms with Gasteiger partial charge in [0.25, 0.3) is 0 Å². The van der Waals surface area contributed by atoms with E-state index in [-0.39, 0.29) is 25.8 Å². The Labute approximate surface area is 104 Å². The van der Waals surface area contributed by atoms with Gasteiger partial charge in [0.1, 0.15) is 0 Å². The predicted octanol–water partition coefficient (Wildman–Crippen LogP) is 3.71. The van der Waals surface area contributed by atoms with Gasteiger partial charge in [-0.3, -0.25) is 6.08 Å². The summed E-state index contributed by atoms with van der Waals surface area (Å²) in [4.78, 5) is 0. The van der Waals surface area contributed by atoms with Gasteiger partial charge in [-0.1, -0.05) is 22.0 Å². The van der Waals surface area contributed by atoms with Gasteiger partial charge in [0.15, 0.2) is 0 Å². The maximum Gasteiger partial charge on any atom is 0.0209 e. The number of halogens is 1. The molecule has 0 nitrogen and oxygen atoms in total. The molecule has 12 heavy (non-hydrogen) atoms. The van der Waals surface area contributed by atoms with Gasteiger partial charge in [-0.2, -0.15) is 13.0 Å². The first-order chi connectivity index (χ1) is 5.41. The molecule has 68 valence electrons. The molecule has 0 aromatic rings. The van der Waals surface area contributed by atoms with Crippen LogP contribution in [0.2, 0.25) is 0 Å². The summed E-state index contributed by atoms with van der Waals surface area (Å²) in [6, 6.07) is 0. The molecule has 0 radical (unpaired) electrons. The summed E-state index contributed by atoms with van der Waals surface area (Å²) in [5, 5.41) is 0.896. The Kier molecular flexibility index (Phi) is 34.5. The van der Waals surface area contributed by atoms with Crippen LogP contribution in [0.25, 0.3) is 0 Å². The Morgan fingerprint density at radius 3 is 2.25 bits per heavy atom. The third-order valence-electron chi connectivity index (χ3n) is 0.695. The summed E-state index contributed by atoms with van der Waals surface area (Å²) in [6.45, 7) is 8.43. The fraction of sp³-hybridized carbons (Fsp3) is 0.300. The van der Waals surface area contributed by atoms with Crippen molar-refractivity contribution in [1.29, 1.82) is 0 Å². The van der Waals surface area contributed by atoms with Crippen LogP contribution >= 0.6 is 15.9 Å². The van der Waals surface area contributed by atoms with Crippen molar-refractivity contribution < 1.29 is 25.8 Å². The van der Waals surface area contributed by atoms with Crippen molar-refractivity contribution in [3.8, 4) is 0 Å². The molecular weight excluding hydrogens is 379 g/mol. The van der Waals surface area contributed by atoms with Crippen LogP contribution in [0.1, 0.15) is 13.3 Å². The van der Waals surface area contributed by atoms with E-state index in [2.05, 4.69) is 41.6 Å². The van der Waals surface area contributed by atoms with Crippen LogP contribution in [-0.4, -0.2) is 5.33 Å². The number of alkyl halides is 1. The zero-order chi connectivity index (χ0) is 8.95. The maximum absolute atomic E-state index is 3.43. The van der Waals surface area contributed by atoms with Crippen molar-refractivity contribution in [3.63, 3.8) is 0 Å². The summed E-state index contributed by atoms with van der Waals surface area (Å²) in [7, 11) is 0. The van der Waals surface area contributed by atoms with Crippen molar-refractivity contribution in [2.45, 2.75) is 13.3 Å². The van der Waals surface area contributed by atoms with Gasteiger partial charge in [0.2, 0.25) is 0 Å². The summed E-state index contributed by atoms with van der Waals surface area (Å²) in [5.74, 6) is 0. The average molecular weight is 394 g/mol. The van der Waals surface area contributed by atoms with Crippen LogP contribution in [0.5, 0.6) is 0 Å². The molecule has 0 amide bonds. The molecule has 0 spiro atoms. The molecule has 0 saturated carbocycles. The Balaban J connectivity index is -0.000000107. The second kappa shape index (κ2) is 22.6. The van der Waals surface area contributed by atoms with Crippen LogP contribution in [0.4, 0.5) is 0 Å². The molecule has 0 unspecified atom stereocenters. The minimum atomic E-state index is 0. The molecule has 0 heterocycles. The summed E-state index contributed by atoms with van der Waals surface area (Å²) in [5.41, 5.74) is 0. The molecule has 0 aromatic heterocycles. The molecule has 0 bridgehead atoms. The van der Waals surface area contributed by atoms with Gasteiger partial charge in [-0.15, -0.1) is 13.0 Å². The molecule has 0 N–H and O–H groups in total. The quantitative estimate of drug-likeness (QED) is 0.276. The summed E-state index contributed by atoms with van der Waals surface area (Å²) in [6.07, 6.45) is 11.8. The van der Waals surface area contributed by atoms with Crippen LogP contribution < -0.4 is 0 Å². The largest absolute Gasteiger partial charge is 0.346 e. The van der Waals surface area contributed by atoms with Crippen LogP contribution in [0.15, 0.2) is 30.9 Å². The van der Waals surface area contributed by atoms with Crippen LogP contribution in [0, 0.1) is 13.0 Å². The van der Waals surface area contributed by atoms with Gasteiger partial charge in [0.05, 0.1) is 0 Å². The zero-order valence-corrected chi connectivity index (χ0v) is 12.7. The molecule has 0 aliphatic heterocycles. The van der Waals surface area contributed by atoms with E-state index in [1.165, 1.54) is 0 Å². The van der Waals surface area contributed by atoms with Crippen molar-refractivity contribution in [2.24, 2.45) is 0 Å². The van der Waals surface area contributed by atoms with Gasteiger partial charge < -0.3 is 6.92 Å². The minimum absolute atomic E-state index is 0. The first kappa shape index (κ1) is 18.4. The van der Waals surface area contributed by atoms with Crippen molar-refractivity contribution in [1.82, 2.24) is 0 Å². The molecule has 0 aromatic carbocycles. The molecule has 2 heteroatoms. The Hall–Kier alpha value is 0.570. The molecular formula is C10H15BrHf-2. The number of hydrogen-bond acceptors (Lipinski definition) is 0. The van der Waals surface area contributed by atoms with Crippen molar-refractivity contribution >= 4 is 15.9 Å². The van der Waals surface area contributed by atoms with Gasteiger partial charge in [-0.05, 0) is 0 Å². The van der Waals surface area contributed by atoms with E-state index in [0.29, 0.717) is 0 Å². The summed E-state index contributed by atoms with van der Waals surface area (Å²) < 4.78 is 0. The van der Waals surface area contributed by atoms with E-state index < -0.39 is 0 Å². The summed E-state index contributed by atoms with van der Waals surface area (Å²) >= 11 is 3.13. The Morgan fingerprint density at radius 2 is 2.17 bits per heavy atom. The van der Waals surface area contributed by atoms with Gasteiger partial charge >= 0.3 is 0 Å². The van der Waals surface area contributed by atoms with Crippen molar-refractivity contribution in [2.75, 3.05) is 5.33 Å². The average Bonchev–Trinajstić information content (AvgIpc) is 2.65. The third-order valence-corrected chi connectivity index (χ3v) is 1.15. The maximum atomic E-state index is 3.43. The third kappa shape index (κ3) is 22.4. The fourth-order valence-electron chi connectivity index (χ4n) is 0.340. The SMILES string of the molecule is C=CCBr.[C-]1=CC=CC1.[CH2-]C.[Hf]. The minimum Gasteiger partial charge on any atom is -0.346 e. The van der Waals surface area contributed by atoms with Crippen LogP contribution in [-0.2, 0) is 25.8 Å². The number of rotatable bonds is 1. The zero-order valence-electron chi connectivity index (χ0n) is 7.52. The predicted molar refractivity (Wildman–Crippen MR) is 56.6 cm³/mol. The normalized spacial score (nSPS) is 9.92. The Morgan fingerprint density at radius 1 is 1.67 bits per heavy atom. The topological polar surface area (TPSA) is 0 Å². The number of allylic oxidation sites excluding steroid dienone is 5. The van der Waals surface area contributed by atoms with Crippen molar-refractivity contribution in [3.05, 3.63) is 43.9 Å². The van der Waals surface area contributed by atoms with E-state index in [1.54, 1.807) is 13.0 Å². The van der Waals surface area contributed by atoms with E-state index in [4.69, 9.17) is 0 Å².